The summed E-state index contributed by atoms with van der Waals surface area (Å²) in [6.45, 7) is 0. The highest BCUT2D eigenvalue weighted by molar-refractivity contribution is 6.29. The Kier molecular flexibility index (Phi) is 3.81. The number of phenolic OH excluding ortho intramolecular Hbond substituents is 1. The minimum Gasteiger partial charge on any atom is -0.508 e. The van der Waals surface area contributed by atoms with Gasteiger partial charge in [-0.05, 0) is 24.3 Å². The lowest BCUT2D eigenvalue weighted by Gasteiger charge is -2.06. The molecule has 7 nitrogen and oxygen atoms in total. The first-order chi connectivity index (χ1) is 9.47. The molecule has 0 spiro atoms. The Bertz CT molecular complexity index is 690. The van der Waals surface area contributed by atoms with Gasteiger partial charge in [-0.2, -0.15) is 0 Å². The summed E-state index contributed by atoms with van der Waals surface area (Å²) in [6, 6.07) is 6.20. The van der Waals surface area contributed by atoms with E-state index in [0.717, 1.165) is 6.07 Å². The molecule has 0 saturated carbocycles. The van der Waals surface area contributed by atoms with E-state index in [2.05, 4.69) is 10.3 Å². The van der Waals surface area contributed by atoms with E-state index in [0.29, 0.717) is 0 Å². The molecule has 0 bridgehead atoms. The largest absolute Gasteiger partial charge is 0.508 e. The van der Waals surface area contributed by atoms with Gasteiger partial charge in [-0.15, -0.1) is 0 Å². The number of carbonyl (C=O) groups excluding carboxylic acids is 1. The van der Waals surface area contributed by atoms with Crippen molar-refractivity contribution in [3.05, 3.63) is 57.4 Å². The predicted octanol–water partition coefficient (Wildman–Crippen LogP) is 2.60. The number of nitrogens with zero attached hydrogens (tertiary/aromatic N) is 2. The molecule has 1 aromatic heterocycles. The van der Waals surface area contributed by atoms with Gasteiger partial charge in [-0.1, -0.05) is 11.6 Å². The first-order valence-electron chi connectivity index (χ1n) is 5.37. The number of phenols is 1. The molecule has 1 heterocycles. The third kappa shape index (κ3) is 3.01. The number of rotatable bonds is 3. The Hall–Kier alpha value is -2.67. The number of aromatic nitrogens is 1. The van der Waals surface area contributed by atoms with Gasteiger partial charge in [0.25, 0.3) is 11.6 Å². The second-order valence-electron chi connectivity index (χ2n) is 3.78. The standard InChI is InChI=1S/C12H8ClN3O4/c13-11-5-7(3-4-14-11)12(18)15-9-2-1-8(17)6-10(9)16(19)20/h1-6,17H,(H,15,18). The van der Waals surface area contributed by atoms with Crippen molar-refractivity contribution in [1.82, 2.24) is 4.98 Å². The van der Waals surface area contributed by atoms with Crippen LogP contribution in [0.3, 0.4) is 0 Å². The Morgan fingerprint density at radius 1 is 1.35 bits per heavy atom. The fourth-order valence-electron chi connectivity index (χ4n) is 1.51. The third-order valence-corrected chi connectivity index (χ3v) is 2.62. The third-order valence-electron chi connectivity index (χ3n) is 2.41. The van der Waals surface area contributed by atoms with Gasteiger partial charge in [0.15, 0.2) is 0 Å². The number of hydrogen-bond acceptors (Lipinski definition) is 5. The van der Waals surface area contributed by atoms with Crippen LogP contribution in [0.4, 0.5) is 11.4 Å². The van der Waals surface area contributed by atoms with Crippen molar-refractivity contribution in [3.8, 4) is 5.75 Å². The monoisotopic (exact) mass is 293 g/mol. The van der Waals surface area contributed by atoms with E-state index in [1.807, 2.05) is 0 Å². The lowest BCUT2D eigenvalue weighted by molar-refractivity contribution is -0.384. The van der Waals surface area contributed by atoms with E-state index in [9.17, 15) is 20.0 Å². The Balaban J connectivity index is 2.30. The van der Waals surface area contributed by atoms with Crippen LogP contribution in [0.1, 0.15) is 10.4 Å². The summed E-state index contributed by atoms with van der Waals surface area (Å²) in [4.78, 5) is 25.8. The maximum atomic E-state index is 11.9. The zero-order chi connectivity index (χ0) is 14.7. The van der Waals surface area contributed by atoms with Gasteiger partial charge in [-0.3, -0.25) is 14.9 Å². The summed E-state index contributed by atoms with van der Waals surface area (Å²) in [5, 5.41) is 22.6. The van der Waals surface area contributed by atoms with Crippen molar-refractivity contribution < 1.29 is 14.8 Å². The van der Waals surface area contributed by atoms with Crippen LogP contribution in [-0.4, -0.2) is 20.9 Å². The lowest BCUT2D eigenvalue weighted by atomic mass is 10.2. The summed E-state index contributed by atoms with van der Waals surface area (Å²) in [5.41, 5.74) is -0.211. The van der Waals surface area contributed by atoms with Crippen molar-refractivity contribution >= 4 is 28.9 Å². The number of hydrogen-bond donors (Lipinski definition) is 2. The van der Waals surface area contributed by atoms with Crippen LogP contribution >= 0.6 is 11.6 Å². The van der Waals surface area contributed by atoms with E-state index >= 15 is 0 Å². The number of amides is 1. The first-order valence-corrected chi connectivity index (χ1v) is 5.75. The Morgan fingerprint density at radius 2 is 2.10 bits per heavy atom. The molecular formula is C12H8ClN3O4. The summed E-state index contributed by atoms with van der Waals surface area (Å²) in [5.74, 6) is -0.829. The average Bonchev–Trinajstić information content (AvgIpc) is 2.40. The molecule has 20 heavy (non-hydrogen) atoms. The SMILES string of the molecule is O=C(Nc1ccc(O)cc1[N+](=O)[O-])c1ccnc(Cl)c1. The molecule has 0 aliphatic carbocycles. The van der Waals surface area contributed by atoms with Gasteiger partial charge in [0.05, 0.1) is 11.0 Å². The van der Waals surface area contributed by atoms with Crippen molar-refractivity contribution in [1.29, 1.82) is 0 Å². The maximum Gasteiger partial charge on any atom is 0.296 e. The van der Waals surface area contributed by atoms with Crippen LogP contribution in [0.25, 0.3) is 0 Å². The Morgan fingerprint density at radius 3 is 2.75 bits per heavy atom. The number of aromatic hydroxyl groups is 1. The smallest absolute Gasteiger partial charge is 0.296 e. The van der Waals surface area contributed by atoms with Crippen LogP contribution in [0.2, 0.25) is 5.15 Å². The minimum atomic E-state index is -0.700. The van der Waals surface area contributed by atoms with Crippen LogP contribution in [0.15, 0.2) is 36.5 Å². The van der Waals surface area contributed by atoms with E-state index in [-0.39, 0.29) is 22.2 Å². The topological polar surface area (TPSA) is 105 Å². The molecule has 2 rings (SSSR count). The summed E-state index contributed by atoms with van der Waals surface area (Å²) in [6.07, 6.45) is 1.35. The first kappa shape index (κ1) is 13.8. The minimum absolute atomic E-state index is 0.0225. The highest BCUT2D eigenvalue weighted by Crippen LogP contribution is 2.28. The molecule has 0 fully saturated rings. The molecular weight excluding hydrogens is 286 g/mol. The molecule has 2 N–H and O–H groups in total. The molecule has 1 aromatic carbocycles. The summed E-state index contributed by atoms with van der Waals surface area (Å²) < 4.78 is 0. The van der Waals surface area contributed by atoms with Crippen molar-refractivity contribution in [3.63, 3.8) is 0 Å². The Labute approximate surface area is 118 Å². The number of pyridine rings is 1. The van der Waals surface area contributed by atoms with Crippen LogP contribution in [-0.2, 0) is 0 Å². The average molecular weight is 294 g/mol. The lowest BCUT2D eigenvalue weighted by Crippen LogP contribution is -2.13. The number of nitrogens with one attached hydrogen (secondary N) is 1. The molecule has 1 amide bonds. The number of nitro groups is 1. The fraction of sp³-hybridized carbons (Fsp3) is 0. The van der Waals surface area contributed by atoms with Gasteiger partial charge in [0.2, 0.25) is 0 Å². The van der Waals surface area contributed by atoms with E-state index < -0.39 is 16.5 Å². The quantitative estimate of drug-likeness (QED) is 0.391. The van der Waals surface area contributed by atoms with E-state index in [1.165, 1.54) is 30.5 Å². The number of nitro benzene ring substituents is 1. The number of anilines is 1. The maximum absolute atomic E-state index is 11.9. The van der Waals surface area contributed by atoms with Gasteiger partial charge < -0.3 is 10.4 Å². The second-order valence-corrected chi connectivity index (χ2v) is 4.17. The van der Waals surface area contributed by atoms with Crippen LogP contribution in [0.5, 0.6) is 5.75 Å². The number of benzene rings is 1. The fourth-order valence-corrected chi connectivity index (χ4v) is 1.69. The highest BCUT2D eigenvalue weighted by atomic mass is 35.5. The van der Waals surface area contributed by atoms with Gasteiger partial charge in [-0.25, -0.2) is 4.98 Å². The van der Waals surface area contributed by atoms with Crippen molar-refractivity contribution in [2.75, 3.05) is 5.32 Å². The van der Waals surface area contributed by atoms with Crippen molar-refractivity contribution in [2.45, 2.75) is 0 Å². The van der Waals surface area contributed by atoms with Crippen LogP contribution < -0.4 is 5.32 Å². The molecule has 0 unspecified atom stereocenters. The summed E-state index contributed by atoms with van der Waals surface area (Å²) >= 11 is 5.66. The molecule has 102 valence electrons. The molecule has 2 aromatic rings. The molecule has 8 heteroatoms. The highest BCUT2D eigenvalue weighted by Gasteiger charge is 2.17. The van der Waals surface area contributed by atoms with Gasteiger partial charge >= 0.3 is 0 Å². The predicted molar refractivity (Wildman–Crippen MR) is 72.0 cm³/mol. The molecule has 0 atom stereocenters. The molecule has 0 aliphatic heterocycles. The number of carbonyl (C=O) groups is 1. The van der Waals surface area contributed by atoms with Gasteiger partial charge in [0.1, 0.15) is 16.6 Å². The summed E-state index contributed by atoms with van der Waals surface area (Å²) in [7, 11) is 0. The van der Waals surface area contributed by atoms with E-state index in [1.54, 1.807) is 0 Å². The van der Waals surface area contributed by atoms with Crippen molar-refractivity contribution in [2.24, 2.45) is 0 Å². The zero-order valence-electron chi connectivity index (χ0n) is 9.91. The van der Waals surface area contributed by atoms with E-state index in [4.69, 9.17) is 11.6 Å². The molecule has 0 saturated heterocycles. The molecule has 0 aliphatic rings. The zero-order valence-corrected chi connectivity index (χ0v) is 10.7. The normalized spacial score (nSPS) is 10.1. The van der Waals surface area contributed by atoms with Crippen LogP contribution in [0, 0.1) is 10.1 Å². The number of halogens is 1. The van der Waals surface area contributed by atoms with Gasteiger partial charge in [0, 0.05) is 11.8 Å². The molecule has 0 radical (unpaired) electrons. The second kappa shape index (κ2) is 5.54.